The standard InChI is InChI=1S/C26H24N2O4S/c1-15-6-7-20-17(11-15)12-19(25(29)27-20)24-18-14-22(32-3)21(31-2)13-16(18)8-9-28(24)26(30)23-5-4-10-33-23/h4-7,10-14,24H,8-9H2,1-3H3,(H,27,29)/t24-/m1/s1. The molecule has 33 heavy (non-hydrogen) atoms. The van der Waals surface area contributed by atoms with Crippen molar-refractivity contribution in [2.45, 2.75) is 19.4 Å². The zero-order chi connectivity index (χ0) is 23.1. The topological polar surface area (TPSA) is 71.6 Å². The Morgan fingerprint density at radius 3 is 2.58 bits per heavy atom. The molecule has 0 spiro atoms. The SMILES string of the molecule is COc1cc2c(cc1OC)[C@H](c1cc3cc(C)ccc3[nH]c1=O)N(C(=O)c1cccs1)CC2. The Hall–Kier alpha value is -3.58. The average molecular weight is 461 g/mol. The summed E-state index contributed by atoms with van der Waals surface area (Å²) in [6, 6.07) is 14.8. The number of H-pyrrole nitrogens is 1. The van der Waals surface area contributed by atoms with E-state index < -0.39 is 6.04 Å². The van der Waals surface area contributed by atoms with Crippen LogP contribution in [0.3, 0.4) is 0 Å². The third-order valence-electron chi connectivity index (χ3n) is 6.19. The molecule has 1 atom stereocenters. The van der Waals surface area contributed by atoms with E-state index in [1.165, 1.54) is 11.3 Å². The molecule has 0 radical (unpaired) electrons. The Kier molecular flexibility index (Phi) is 5.42. The van der Waals surface area contributed by atoms with Crippen molar-refractivity contribution in [3.8, 4) is 11.5 Å². The second-order valence-corrected chi connectivity index (χ2v) is 9.13. The van der Waals surface area contributed by atoms with E-state index in [9.17, 15) is 9.59 Å². The van der Waals surface area contributed by atoms with Crippen LogP contribution in [0.5, 0.6) is 11.5 Å². The molecule has 1 N–H and O–H groups in total. The molecule has 0 saturated heterocycles. The number of carbonyl (C=O) groups excluding carboxylic acids is 1. The van der Waals surface area contributed by atoms with Crippen LogP contribution in [0.15, 0.2) is 58.7 Å². The van der Waals surface area contributed by atoms with Gasteiger partial charge in [0.05, 0.1) is 25.1 Å². The Morgan fingerprint density at radius 2 is 1.85 bits per heavy atom. The normalized spacial score (nSPS) is 15.4. The predicted molar refractivity (Wildman–Crippen MR) is 130 cm³/mol. The molecule has 2 aromatic heterocycles. The lowest BCUT2D eigenvalue weighted by Crippen LogP contribution is -2.42. The summed E-state index contributed by atoms with van der Waals surface area (Å²) in [5, 5.41) is 2.82. The molecule has 6 nitrogen and oxygen atoms in total. The van der Waals surface area contributed by atoms with Gasteiger partial charge in [0, 0.05) is 17.6 Å². The van der Waals surface area contributed by atoms with E-state index in [0.29, 0.717) is 34.9 Å². The van der Waals surface area contributed by atoms with Gasteiger partial charge in [-0.3, -0.25) is 9.59 Å². The van der Waals surface area contributed by atoms with E-state index in [2.05, 4.69) is 4.98 Å². The number of aryl methyl sites for hydroxylation is 1. The molecule has 1 amide bonds. The maximum atomic E-state index is 13.5. The first-order chi connectivity index (χ1) is 16.0. The van der Waals surface area contributed by atoms with Gasteiger partial charge in [0.25, 0.3) is 11.5 Å². The van der Waals surface area contributed by atoms with E-state index in [-0.39, 0.29) is 11.5 Å². The Morgan fingerprint density at radius 1 is 1.06 bits per heavy atom. The van der Waals surface area contributed by atoms with Gasteiger partial charge < -0.3 is 19.4 Å². The second-order valence-electron chi connectivity index (χ2n) is 8.18. The summed E-state index contributed by atoms with van der Waals surface area (Å²) in [4.78, 5) is 32.3. The number of amides is 1. The van der Waals surface area contributed by atoms with Gasteiger partial charge in [0.15, 0.2) is 11.5 Å². The van der Waals surface area contributed by atoms with Crippen molar-refractivity contribution in [2.75, 3.05) is 20.8 Å². The molecule has 0 unspecified atom stereocenters. The van der Waals surface area contributed by atoms with E-state index in [4.69, 9.17) is 9.47 Å². The zero-order valence-electron chi connectivity index (χ0n) is 18.7. The van der Waals surface area contributed by atoms with Crippen molar-refractivity contribution in [1.29, 1.82) is 0 Å². The number of thiophene rings is 1. The van der Waals surface area contributed by atoms with Crippen LogP contribution in [0.25, 0.3) is 10.9 Å². The minimum absolute atomic E-state index is 0.0841. The van der Waals surface area contributed by atoms with E-state index >= 15 is 0 Å². The second kappa shape index (κ2) is 8.41. The molecule has 1 aliphatic heterocycles. The molecule has 0 bridgehead atoms. The number of hydrogen-bond acceptors (Lipinski definition) is 5. The van der Waals surface area contributed by atoms with Gasteiger partial charge in [-0.1, -0.05) is 17.7 Å². The molecular formula is C26H24N2O4S. The fraction of sp³-hybridized carbons (Fsp3) is 0.231. The molecule has 7 heteroatoms. The molecule has 168 valence electrons. The number of fused-ring (bicyclic) bond motifs is 2. The number of benzene rings is 2. The van der Waals surface area contributed by atoms with Crippen LogP contribution in [-0.4, -0.2) is 36.6 Å². The lowest BCUT2D eigenvalue weighted by atomic mass is 9.87. The van der Waals surface area contributed by atoms with E-state index in [1.54, 1.807) is 19.1 Å². The minimum atomic E-state index is -0.545. The lowest BCUT2D eigenvalue weighted by molar-refractivity contribution is 0.0698. The molecule has 3 heterocycles. The average Bonchev–Trinajstić information content (AvgIpc) is 3.37. The van der Waals surface area contributed by atoms with Crippen LogP contribution in [-0.2, 0) is 6.42 Å². The highest BCUT2D eigenvalue weighted by Crippen LogP contribution is 2.41. The summed E-state index contributed by atoms with van der Waals surface area (Å²) in [7, 11) is 3.19. The number of hydrogen-bond donors (Lipinski definition) is 1. The summed E-state index contributed by atoms with van der Waals surface area (Å²) in [5.74, 6) is 1.12. The quantitative estimate of drug-likeness (QED) is 0.479. The third-order valence-corrected chi connectivity index (χ3v) is 7.05. The predicted octanol–water partition coefficient (Wildman–Crippen LogP) is 4.70. The van der Waals surface area contributed by atoms with Crippen molar-refractivity contribution < 1.29 is 14.3 Å². The van der Waals surface area contributed by atoms with Gasteiger partial charge in [0.2, 0.25) is 0 Å². The first kappa shape index (κ1) is 21.3. The van der Waals surface area contributed by atoms with Crippen molar-refractivity contribution in [3.63, 3.8) is 0 Å². The van der Waals surface area contributed by atoms with Gasteiger partial charge in [-0.25, -0.2) is 0 Å². The smallest absolute Gasteiger partial charge is 0.264 e. The van der Waals surface area contributed by atoms with E-state index in [1.807, 2.05) is 60.8 Å². The number of carbonyl (C=O) groups is 1. The Bertz CT molecular complexity index is 1410. The summed E-state index contributed by atoms with van der Waals surface area (Å²) in [6.45, 7) is 2.51. The molecule has 2 aromatic carbocycles. The third kappa shape index (κ3) is 3.68. The summed E-state index contributed by atoms with van der Waals surface area (Å²) in [6.07, 6.45) is 0.661. The highest BCUT2D eigenvalue weighted by atomic mass is 32.1. The maximum Gasteiger partial charge on any atom is 0.264 e. The zero-order valence-corrected chi connectivity index (χ0v) is 19.5. The van der Waals surface area contributed by atoms with Gasteiger partial charge in [0.1, 0.15) is 0 Å². The highest BCUT2D eigenvalue weighted by Gasteiger charge is 2.35. The number of methoxy groups -OCH3 is 2. The number of nitrogens with one attached hydrogen (secondary N) is 1. The maximum absolute atomic E-state index is 13.5. The van der Waals surface area contributed by atoms with Crippen LogP contribution >= 0.6 is 11.3 Å². The highest BCUT2D eigenvalue weighted by molar-refractivity contribution is 7.12. The number of pyridine rings is 1. The van der Waals surface area contributed by atoms with Crippen molar-refractivity contribution in [2.24, 2.45) is 0 Å². The molecular weight excluding hydrogens is 436 g/mol. The van der Waals surface area contributed by atoms with E-state index in [0.717, 1.165) is 27.6 Å². The fourth-order valence-electron chi connectivity index (χ4n) is 4.59. The number of rotatable bonds is 4. The van der Waals surface area contributed by atoms with Crippen molar-refractivity contribution >= 4 is 28.1 Å². The molecule has 4 aromatic rings. The first-order valence-electron chi connectivity index (χ1n) is 10.7. The first-order valence-corrected chi connectivity index (χ1v) is 11.6. The summed E-state index contributed by atoms with van der Waals surface area (Å²) < 4.78 is 11.1. The van der Waals surface area contributed by atoms with Crippen LogP contribution in [0.4, 0.5) is 0 Å². The molecule has 0 aliphatic carbocycles. The van der Waals surface area contributed by atoms with Gasteiger partial charge in [-0.15, -0.1) is 11.3 Å². The number of ether oxygens (including phenoxy) is 2. The number of aromatic nitrogens is 1. The molecule has 1 aliphatic rings. The Balaban J connectivity index is 1.75. The lowest BCUT2D eigenvalue weighted by Gasteiger charge is -2.37. The van der Waals surface area contributed by atoms with Gasteiger partial charge in [-0.05, 0) is 71.6 Å². The van der Waals surface area contributed by atoms with Crippen LogP contribution in [0, 0.1) is 6.92 Å². The minimum Gasteiger partial charge on any atom is -0.493 e. The fourth-order valence-corrected chi connectivity index (χ4v) is 5.27. The van der Waals surface area contributed by atoms with Crippen molar-refractivity contribution in [3.05, 3.63) is 91.4 Å². The monoisotopic (exact) mass is 460 g/mol. The van der Waals surface area contributed by atoms with Crippen LogP contribution < -0.4 is 15.0 Å². The number of nitrogens with zero attached hydrogens (tertiary/aromatic N) is 1. The van der Waals surface area contributed by atoms with Gasteiger partial charge >= 0.3 is 0 Å². The van der Waals surface area contributed by atoms with Gasteiger partial charge in [-0.2, -0.15) is 0 Å². The number of aromatic amines is 1. The summed E-state index contributed by atoms with van der Waals surface area (Å²) in [5.41, 5.74) is 4.11. The Labute approximate surface area is 195 Å². The van der Waals surface area contributed by atoms with Crippen molar-refractivity contribution in [1.82, 2.24) is 9.88 Å². The molecule has 0 fully saturated rings. The van der Waals surface area contributed by atoms with Crippen LogP contribution in [0.2, 0.25) is 0 Å². The largest absolute Gasteiger partial charge is 0.493 e. The molecule has 0 saturated carbocycles. The van der Waals surface area contributed by atoms with Crippen LogP contribution in [0.1, 0.15) is 38.0 Å². The molecule has 5 rings (SSSR count). The summed E-state index contributed by atoms with van der Waals surface area (Å²) >= 11 is 1.40.